The van der Waals surface area contributed by atoms with E-state index in [9.17, 15) is 0 Å². The Hall–Kier alpha value is -1.09. The molecule has 0 bridgehead atoms. The van der Waals surface area contributed by atoms with Crippen molar-refractivity contribution in [1.29, 1.82) is 0 Å². The molecule has 0 saturated carbocycles. The number of hydrogen-bond donors (Lipinski definition) is 1. The van der Waals surface area contributed by atoms with E-state index in [4.69, 9.17) is 0 Å². The van der Waals surface area contributed by atoms with Gasteiger partial charge in [-0.3, -0.25) is 4.68 Å². The molecule has 0 fully saturated rings. The highest BCUT2D eigenvalue weighted by Crippen LogP contribution is 2.24. The summed E-state index contributed by atoms with van der Waals surface area (Å²) in [6.07, 6.45) is 10.6. The molecule has 0 amide bonds. The minimum absolute atomic E-state index is 0.117. The first-order valence-corrected chi connectivity index (χ1v) is 7.35. The van der Waals surface area contributed by atoms with E-state index in [0.717, 1.165) is 19.0 Å². The van der Waals surface area contributed by atoms with Crippen molar-refractivity contribution < 1.29 is 0 Å². The second-order valence-corrected chi connectivity index (χ2v) is 6.71. The fourth-order valence-electron chi connectivity index (χ4n) is 2.75. The van der Waals surface area contributed by atoms with Crippen LogP contribution in [0, 0.1) is 5.92 Å². The molecule has 1 N–H and O–H groups in total. The van der Waals surface area contributed by atoms with Gasteiger partial charge in [0.1, 0.15) is 0 Å². The maximum absolute atomic E-state index is 4.61. The van der Waals surface area contributed by atoms with Crippen LogP contribution in [0.3, 0.4) is 0 Å². The number of allylic oxidation sites excluding steroid dienone is 2. The summed E-state index contributed by atoms with van der Waals surface area (Å²) >= 11 is 0. The molecule has 0 saturated heterocycles. The van der Waals surface area contributed by atoms with E-state index in [2.05, 4.69) is 49.5 Å². The van der Waals surface area contributed by atoms with Crippen LogP contribution in [0.1, 0.15) is 51.3 Å². The van der Waals surface area contributed by atoms with Gasteiger partial charge in [-0.25, -0.2) is 0 Å². The Morgan fingerprint density at radius 1 is 1.37 bits per heavy atom. The van der Waals surface area contributed by atoms with E-state index in [0.29, 0.717) is 0 Å². The molecule has 0 radical (unpaired) electrons. The number of rotatable bonds is 4. The van der Waals surface area contributed by atoms with Crippen molar-refractivity contribution in [3.05, 3.63) is 29.6 Å². The molecule has 1 aliphatic carbocycles. The third-order valence-electron chi connectivity index (χ3n) is 3.74. The van der Waals surface area contributed by atoms with Crippen molar-refractivity contribution in [2.45, 2.75) is 52.0 Å². The zero-order valence-corrected chi connectivity index (χ0v) is 12.7. The molecule has 1 atom stereocenters. The molecule has 3 heteroatoms. The monoisotopic (exact) mass is 261 g/mol. The SMILES string of the molecule is Cn1cc(CNCC2CC=CCC2)c(C(C)(C)C)n1. The van der Waals surface area contributed by atoms with Gasteiger partial charge in [-0.05, 0) is 31.7 Å². The van der Waals surface area contributed by atoms with Crippen molar-refractivity contribution in [2.24, 2.45) is 13.0 Å². The van der Waals surface area contributed by atoms with Crippen LogP contribution in [0.5, 0.6) is 0 Å². The average molecular weight is 261 g/mol. The minimum Gasteiger partial charge on any atom is -0.312 e. The van der Waals surface area contributed by atoms with Gasteiger partial charge in [-0.1, -0.05) is 32.9 Å². The third kappa shape index (κ3) is 3.93. The Morgan fingerprint density at radius 3 is 2.79 bits per heavy atom. The highest BCUT2D eigenvalue weighted by Gasteiger charge is 2.21. The topological polar surface area (TPSA) is 29.9 Å². The Labute approximate surface area is 117 Å². The molecule has 1 aliphatic rings. The molecule has 0 spiro atoms. The maximum atomic E-state index is 4.61. The lowest BCUT2D eigenvalue weighted by atomic mass is 9.89. The van der Waals surface area contributed by atoms with Crippen molar-refractivity contribution >= 4 is 0 Å². The number of nitrogens with one attached hydrogen (secondary N) is 1. The number of hydrogen-bond acceptors (Lipinski definition) is 2. The first-order valence-electron chi connectivity index (χ1n) is 7.35. The summed E-state index contributed by atoms with van der Waals surface area (Å²) in [6, 6.07) is 0. The van der Waals surface area contributed by atoms with Crippen LogP contribution in [0.15, 0.2) is 18.3 Å². The molecule has 2 rings (SSSR count). The van der Waals surface area contributed by atoms with E-state index in [-0.39, 0.29) is 5.41 Å². The molecule has 0 aliphatic heterocycles. The van der Waals surface area contributed by atoms with Gasteiger partial charge in [0.05, 0.1) is 5.69 Å². The third-order valence-corrected chi connectivity index (χ3v) is 3.74. The van der Waals surface area contributed by atoms with Gasteiger partial charge >= 0.3 is 0 Å². The second-order valence-electron chi connectivity index (χ2n) is 6.71. The van der Waals surface area contributed by atoms with E-state index >= 15 is 0 Å². The molecule has 1 heterocycles. The zero-order chi connectivity index (χ0) is 13.9. The van der Waals surface area contributed by atoms with E-state index in [1.807, 2.05) is 11.7 Å². The van der Waals surface area contributed by atoms with Crippen LogP contribution in [0.25, 0.3) is 0 Å². The summed E-state index contributed by atoms with van der Waals surface area (Å²) in [6.45, 7) is 8.73. The van der Waals surface area contributed by atoms with Crippen molar-refractivity contribution in [1.82, 2.24) is 15.1 Å². The van der Waals surface area contributed by atoms with Gasteiger partial charge in [0.2, 0.25) is 0 Å². The van der Waals surface area contributed by atoms with Crippen molar-refractivity contribution in [2.75, 3.05) is 6.54 Å². The van der Waals surface area contributed by atoms with Crippen LogP contribution >= 0.6 is 0 Å². The van der Waals surface area contributed by atoms with Crippen LogP contribution < -0.4 is 5.32 Å². The minimum atomic E-state index is 0.117. The Bertz CT molecular complexity index is 437. The smallest absolute Gasteiger partial charge is 0.0722 e. The maximum Gasteiger partial charge on any atom is 0.0722 e. The van der Waals surface area contributed by atoms with Crippen LogP contribution in [0.2, 0.25) is 0 Å². The molecule has 106 valence electrons. The van der Waals surface area contributed by atoms with E-state index < -0.39 is 0 Å². The lowest BCUT2D eigenvalue weighted by Gasteiger charge is -2.20. The predicted molar refractivity (Wildman–Crippen MR) is 80.1 cm³/mol. The summed E-state index contributed by atoms with van der Waals surface area (Å²) in [7, 11) is 2.00. The second kappa shape index (κ2) is 5.91. The molecule has 1 unspecified atom stereocenters. The molecule has 0 aromatic carbocycles. The van der Waals surface area contributed by atoms with Crippen molar-refractivity contribution in [3.63, 3.8) is 0 Å². The number of nitrogens with zero attached hydrogens (tertiary/aromatic N) is 2. The summed E-state index contributed by atoms with van der Waals surface area (Å²) in [5.74, 6) is 0.805. The van der Waals surface area contributed by atoms with Crippen molar-refractivity contribution in [3.8, 4) is 0 Å². The highest BCUT2D eigenvalue weighted by atomic mass is 15.3. The summed E-state index contributed by atoms with van der Waals surface area (Å²) in [4.78, 5) is 0. The molecular formula is C16H27N3. The van der Waals surface area contributed by atoms with Crippen LogP contribution in [-0.4, -0.2) is 16.3 Å². The predicted octanol–water partition coefficient (Wildman–Crippen LogP) is 3.16. The molecular weight excluding hydrogens is 234 g/mol. The Kier molecular flexibility index (Phi) is 4.46. The molecule has 1 aromatic heterocycles. The zero-order valence-electron chi connectivity index (χ0n) is 12.7. The first-order chi connectivity index (χ1) is 8.97. The van der Waals surface area contributed by atoms with Gasteiger partial charge in [0, 0.05) is 30.8 Å². The fraction of sp³-hybridized carbons (Fsp3) is 0.688. The average Bonchev–Trinajstić information content (AvgIpc) is 2.72. The molecule has 3 nitrogen and oxygen atoms in total. The lowest BCUT2D eigenvalue weighted by molar-refractivity contribution is 0.438. The fourth-order valence-corrected chi connectivity index (χ4v) is 2.75. The highest BCUT2D eigenvalue weighted by molar-refractivity contribution is 5.23. The van der Waals surface area contributed by atoms with Gasteiger partial charge in [-0.2, -0.15) is 5.10 Å². The van der Waals surface area contributed by atoms with E-state index in [1.165, 1.54) is 30.5 Å². The largest absolute Gasteiger partial charge is 0.312 e. The summed E-state index contributed by atoms with van der Waals surface area (Å²) in [5.41, 5.74) is 2.67. The van der Waals surface area contributed by atoms with Gasteiger partial charge < -0.3 is 5.32 Å². The Morgan fingerprint density at radius 2 is 2.16 bits per heavy atom. The quantitative estimate of drug-likeness (QED) is 0.844. The number of aromatic nitrogens is 2. The van der Waals surface area contributed by atoms with E-state index in [1.54, 1.807) is 0 Å². The Balaban J connectivity index is 1.90. The number of aryl methyl sites for hydroxylation is 1. The molecule has 1 aromatic rings. The van der Waals surface area contributed by atoms with Gasteiger partial charge in [0.15, 0.2) is 0 Å². The first kappa shape index (κ1) is 14.3. The lowest BCUT2D eigenvalue weighted by Crippen LogP contribution is -2.24. The van der Waals surface area contributed by atoms with Crippen LogP contribution in [-0.2, 0) is 19.0 Å². The molecule has 19 heavy (non-hydrogen) atoms. The van der Waals surface area contributed by atoms with Gasteiger partial charge in [0.25, 0.3) is 0 Å². The van der Waals surface area contributed by atoms with Crippen LogP contribution in [0.4, 0.5) is 0 Å². The summed E-state index contributed by atoms with van der Waals surface area (Å²) < 4.78 is 1.93. The van der Waals surface area contributed by atoms with Gasteiger partial charge in [-0.15, -0.1) is 0 Å². The standard InChI is InChI=1S/C16H27N3/c1-16(2,3)15-14(12-19(4)18-15)11-17-10-13-8-6-5-7-9-13/h5-6,12-13,17H,7-11H2,1-4H3. The normalized spacial score (nSPS) is 19.9. The summed E-state index contributed by atoms with van der Waals surface area (Å²) in [5, 5.41) is 8.22.